The quantitative estimate of drug-likeness (QED) is 0.579. The lowest BCUT2D eigenvalue weighted by Crippen LogP contribution is -2.41. The Kier molecular flexibility index (Phi) is 2.85. The molecule has 3 heterocycles. The van der Waals surface area contributed by atoms with Crippen LogP contribution in [0.25, 0.3) is 6.08 Å². The van der Waals surface area contributed by atoms with Crippen LogP contribution in [0.1, 0.15) is 24.1 Å². The average Bonchev–Trinajstić information content (AvgIpc) is 2.93. The predicted molar refractivity (Wildman–Crippen MR) is 70.8 cm³/mol. The number of fused-ring (bicyclic) bond motifs is 2. The summed E-state index contributed by atoms with van der Waals surface area (Å²) in [5.41, 5.74) is 0. The zero-order valence-corrected chi connectivity index (χ0v) is 10.4. The van der Waals surface area contributed by atoms with Gasteiger partial charge >= 0.3 is 0 Å². The number of rotatable bonds is 2. The van der Waals surface area contributed by atoms with Crippen LogP contribution >= 0.6 is 11.3 Å². The summed E-state index contributed by atoms with van der Waals surface area (Å²) in [6, 6.07) is 4.81. The van der Waals surface area contributed by atoms with Crippen LogP contribution in [0.3, 0.4) is 0 Å². The van der Waals surface area contributed by atoms with Gasteiger partial charge in [0.25, 0.3) is 0 Å². The lowest BCUT2D eigenvalue weighted by Gasteiger charge is -2.30. The van der Waals surface area contributed by atoms with Gasteiger partial charge in [-0.2, -0.15) is 0 Å². The Morgan fingerprint density at radius 2 is 2.41 bits per heavy atom. The Balaban J connectivity index is 1.73. The Labute approximate surface area is 105 Å². The minimum Gasteiger partial charge on any atom is -0.329 e. The molecule has 1 amide bonds. The Morgan fingerprint density at radius 1 is 1.47 bits per heavy atom. The van der Waals surface area contributed by atoms with Gasteiger partial charge in [-0.3, -0.25) is 4.79 Å². The summed E-state index contributed by atoms with van der Waals surface area (Å²) in [5, 5.41) is 2.03. The fourth-order valence-corrected chi connectivity index (χ4v) is 3.31. The van der Waals surface area contributed by atoms with Crippen molar-refractivity contribution < 1.29 is 4.79 Å². The van der Waals surface area contributed by atoms with Crippen LogP contribution < -0.4 is 0 Å². The normalized spacial score (nSPS) is 26.9. The highest BCUT2D eigenvalue weighted by atomic mass is 32.1. The van der Waals surface area contributed by atoms with Gasteiger partial charge in [-0.05, 0) is 36.8 Å². The third-order valence-corrected chi connectivity index (χ3v) is 4.34. The van der Waals surface area contributed by atoms with Gasteiger partial charge in [-0.15, -0.1) is 11.3 Å². The molecule has 0 aliphatic carbocycles. The average molecular weight is 245 g/mol. The van der Waals surface area contributed by atoms with Gasteiger partial charge in [-0.1, -0.05) is 18.2 Å². The van der Waals surface area contributed by atoms with Crippen molar-refractivity contribution >= 4 is 23.3 Å². The largest absolute Gasteiger partial charge is 0.329 e. The number of nitrogens with zero attached hydrogens (tertiary/aromatic N) is 1. The van der Waals surface area contributed by atoms with E-state index in [-0.39, 0.29) is 5.91 Å². The molecule has 0 N–H and O–H groups in total. The number of amides is 1. The molecule has 1 aromatic rings. The summed E-state index contributed by atoms with van der Waals surface area (Å²) < 4.78 is 0. The van der Waals surface area contributed by atoms with E-state index < -0.39 is 0 Å². The molecule has 0 spiro atoms. The first kappa shape index (κ1) is 10.8. The molecule has 2 unspecified atom stereocenters. The fourth-order valence-electron chi connectivity index (χ4n) is 2.69. The van der Waals surface area contributed by atoms with E-state index >= 15 is 0 Å². The number of thiophene rings is 1. The van der Waals surface area contributed by atoms with Crippen LogP contribution in [-0.2, 0) is 4.79 Å². The molecule has 0 saturated carbocycles. The molecule has 0 aromatic carbocycles. The zero-order valence-electron chi connectivity index (χ0n) is 9.58. The molecule has 2 atom stereocenters. The van der Waals surface area contributed by atoms with E-state index in [0.29, 0.717) is 12.1 Å². The highest BCUT2D eigenvalue weighted by Crippen LogP contribution is 2.31. The highest BCUT2D eigenvalue weighted by molar-refractivity contribution is 7.10. The van der Waals surface area contributed by atoms with Gasteiger partial charge in [0.05, 0.1) is 6.04 Å². The minimum absolute atomic E-state index is 0.162. The van der Waals surface area contributed by atoms with Gasteiger partial charge < -0.3 is 4.90 Å². The maximum atomic E-state index is 12.2. The van der Waals surface area contributed by atoms with E-state index in [1.807, 2.05) is 28.5 Å². The molecule has 2 aliphatic heterocycles. The fraction of sp³-hybridized carbons (Fsp3) is 0.357. The molecule has 3 heteroatoms. The van der Waals surface area contributed by atoms with Gasteiger partial charge in [0.2, 0.25) is 5.91 Å². The zero-order chi connectivity index (χ0) is 11.7. The molecular weight excluding hydrogens is 230 g/mol. The Morgan fingerprint density at radius 3 is 3.18 bits per heavy atom. The summed E-state index contributed by atoms with van der Waals surface area (Å²) in [6.45, 7) is 0. The van der Waals surface area contributed by atoms with Gasteiger partial charge in [-0.25, -0.2) is 0 Å². The molecule has 17 heavy (non-hydrogen) atoms. The summed E-state index contributed by atoms with van der Waals surface area (Å²) in [4.78, 5) is 15.3. The number of carbonyl (C=O) groups excluding carboxylic acids is 1. The summed E-state index contributed by atoms with van der Waals surface area (Å²) in [7, 11) is 0. The molecule has 2 nitrogen and oxygen atoms in total. The standard InChI is InChI=1S/C14H15NOS/c16-14(9-8-13-5-2-10-17-13)15-11-3-1-4-12(15)7-6-11/h1-3,5,8-12H,4,6-7H2. The van der Waals surface area contributed by atoms with Crippen molar-refractivity contribution in [2.75, 3.05) is 0 Å². The second kappa shape index (κ2) is 4.49. The van der Waals surface area contributed by atoms with E-state index in [1.54, 1.807) is 17.4 Å². The first-order valence-corrected chi connectivity index (χ1v) is 6.93. The summed E-state index contributed by atoms with van der Waals surface area (Å²) >= 11 is 1.66. The van der Waals surface area contributed by atoms with Crippen molar-refractivity contribution in [1.29, 1.82) is 0 Å². The molecule has 3 rings (SSSR count). The minimum atomic E-state index is 0.162. The molecular formula is C14H15NOS. The van der Waals surface area contributed by atoms with Crippen LogP contribution in [0.2, 0.25) is 0 Å². The summed E-state index contributed by atoms with van der Waals surface area (Å²) in [6.07, 6.45) is 11.3. The van der Waals surface area contributed by atoms with Crippen molar-refractivity contribution in [3.63, 3.8) is 0 Å². The number of carbonyl (C=O) groups is 1. The van der Waals surface area contributed by atoms with Crippen LogP contribution in [0.4, 0.5) is 0 Å². The molecule has 88 valence electrons. The maximum Gasteiger partial charge on any atom is 0.247 e. The lowest BCUT2D eigenvalue weighted by atomic mass is 10.1. The van der Waals surface area contributed by atoms with E-state index in [2.05, 4.69) is 12.2 Å². The second-order valence-electron chi connectivity index (χ2n) is 4.56. The van der Waals surface area contributed by atoms with E-state index in [1.165, 1.54) is 0 Å². The first-order chi connectivity index (χ1) is 8.34. The van der Waals surface area contributed by atoms with Crippen molar-refractivity contribution in [3.8, 4) is 0 Å². The first-order valence-electron chi connectivity index (χ1n) is 6.05. The third-order valence-electron chi connectivity index (χ3n) is 3.50. The Bertz CT molecular complexity index is 461. The van der Waals surface area contributed by atoms with Crippen LogP contribution in [0, 0.1) is 0 Å². The molecule has 1 aromatic heterocycles. The van der Waals surface area contributed by atoms with Crippen molar-refractivity contribution in [2.45, 2.75) is 31.3 Å². The maximum absolute atomic E-state index is 12.2. The van der Waals surface area contributed by atoms with Crippen LogP contribution in [-0.4, -0.2) is 22.9 Å². The Hall–Kier alpha value is -1.35. The van der Waals surface area contributed by atoms with Gasteiger partial charge in [0.1, 0.15) is 0 Å². The second-order valence-corrected chi connectivity index (χ2v) is 5.54. The molecule has 1 fully saturated rings. The molecule has 2 aliphatic rings. The topological polar surface area (TPSA) is 20.3 Å². The molecule has 0 radical (unpaired) electrons. The smallest absolute Gasteiger partial charge is 0.247 e. The number of hydrogen-bond donors (Lipinski definition) is 0. The highest BCUT2D eigenvalue weighted by Gasteiger charge is 2.35. The van der Waals surface area contributed by atoms with Crippen molar-refractivity contribution in [3.05, 3.63) is 40.6 Å². The van der Waals surface area contributed by atoms with E-state index in [4.69, 9.17) is 0 Å². The van der Waals surface area contributed by atoms with Gasteiger partial charge in [0.15, 0.2) is 0 Å². The van der Waals surface area contributed by atoms with Crippen molar-refractivity contribution in [1.82, 2.24) is 4.90 Å². The predicted octanol–water partition coefficient (Wildman–Crippen LogP) is 3.08. The molecule has 1 saturated heterocycles. The monoisotopic (exact) mass is 245 g/mol. The number of hydrogen-bond acceptors (Lipinski definition) is 2. The SMILES string of the molecule is O=C(C=Cc1cccs1)N1C2C=CCC1CC2. The van der Waals surface area contributed by atoms with Crippen LogP contribution in [0.5, 0.6) is 0 Å². The molecule has 2 bridgehead atoms. The lowest BCUT2D eigenvalue weighted by molar-refractivity contribution is -0.128. The third kappa shape index (κ3) is 2.07. The summed E-state index contributed by atoms with van der Waals surface area (Å²) in [5.74, 6) is 0.162. The van der Waals surface area contributed by atoms with E-state index in [0.717, 1.165) is 24.1 Å². The van der Waals surface area contributed by atoms with Crippen LogP contribution in [0.15, 0.2) is 35.7 Å². The van der Waals surface area contributed by atoms with Crippen molar-refractivity contribution in [2.24, 2.45) is 0 Å². The van der Waals surface area contributed by atoms with Gasteiger partial charge in [0, 0.05) is 17.0 Å². The van der Waals surface area contributed by atoms with E-state index in [9.17, 15) is 4.79 Å².